The molecule has 0 spiro atoms. The number of unbranched alkanes of at least 4 members (excludes halogenated alkanes) is 9. The molecule has 0 aromatic carbocycles. The van der Waals surface area contributed by atoms with Crippen molar-refractivity contribution in [2.75, 3.05) is 7.11 Å². The van der Waals surface area contributed by atoms with Crippen LogP contribution in [0.2, 0.25) is 0 Å². The highest BCUT2D eigenvalue weighted by Crippen LogP contribution is 2.13. The van der Waals surface area contributed by atoms with E-state index in [2.05, 4.69) is 16.6 Å². The van der Waals surface area contributed by atoms with Crippen LogP contribution in [0.15, 0.2) is 12.3 Å². The van der Waals surface area contributed by atoms with Gasteiger partial charge in [-0.15, -0.1) is 0 Å². The number of rotatable bonds is 13. The predicted molar refractivity (Wildman–Crippen MR) is 92.9 cm³/mol. The summed E-state index contributed by atoms with van der Waals surface area (Å²) in [5.41, 5.74) is 0.903. The number of hydrogen-bond donors (Lipinski definition) is 1. The minimum atomic E-state index is -0.442. The van der Waals surface area contributed by atoms with Crippen LogP contribution in [0.5, 0.6) is 0 Å². The van der Waals surface area contributed by atoms with Crippen LogP contribution in [0.1, 0.15) is 98.4 Å². The second kappa shape index (κ2) is 11.9. The molecule has 0 amide bonds. The first-order valence-corrected chi connectivity index (χ1v) is 8.99. The van der Waals surface area contributed by atoms with Gasteiger partial charge in [0.05, 0.1) is 7.11 Å². The summed E-state index contributed by atoms with van der Waals surface area (Å²) in [6.07, 6.45) is 14.7. The van der Waals surface area contributed by atoms with Gasteiger partial charge in [-0.2, -0.15) is 0 Å². The molecule has 1 rings (SSSR count). The molecule has 0 aliphatic rings. The number of carbonyl (C=O) groups excluding carboxylic acids is 2. The van der Waals surface area contributed by atoms with Crippen molar-refractivity contribution < 1.29 is 14.3 Å². The summed E-state index contributed by atoms with van der Waals surface area (Å²) in [5.74, 6) is -0.348. The van der Waals surface area contributed by atoms with E-state index in [1.807, 2.05) is 0 Å². The number of carbonyl (C=O) groups is 2. The molecule has 0 aliphatic heterocycles. The Morgan fingerprint density at radius 3 is 2.09 bits per heavy atom. The summed E-state index contributed by atoms with van der Waals surface area (Å²) in [5, 5.41) is 0. The topological polar surface area (TPSA) is 59.2 Å². The lowest BCUT2D eigenvalue weighted by atomic mass is 10.0. The highest BCUT2D eigenvalue weighted by molar-refractivity contribution is 5.98. The van der Waals surface area contributed by atoms with E-state index in [4.69, 9.17) is 0 Å². The van der Waals surface area contributed by atoms with E-state index in [1.165, 1.54) is 58.5 Å². The van der Waals surface area contributed by atoms with Crippen LogP contribution < -0.4 is 0 Å². The molecule has 0 aliphatic carbocycles. The lowest BCUT2D eigenvalue weighted by molar-refractivity contribution is 0.0595. The molecule has 1 aromatic heterocycles. The van der Waals surface area contributed by atoms with Crippen LogP contribution in [-0.4, -0.2) is 23.8 Å². The first-order valence-electron chi connectivity index (χ1n) is 8.99. The molecule has 23 heavy (non-hydrogen) atoms. The lowest BCUT2D eigenvalue weighted by Crippen LogP contribution is -2.01. The molecular weight excluding hydrogens is 290 g/mol. The van der Waals surface area contributed by atoms with Crippen LogP contribution in [-0.2, 0) is 4.74 Å². The lowest BCUT2D eigenvalue weighted by Gasteiger charge is -2.02. The van der Waals surface area contributed by atoms with E-state index in [0.717, 1.165) is 12.8 Å². The van der Waals surface area contributed by atoms with Crippen LogP contribution in [0, 0.1) is 0 Å². The molecule has 4 heteroatoms. The average Bonchev–Trinajstić information content (AvgIpc) is 3.05. The number of methoxy groups -OCH3 is 1. The number of nitrogens with one attached hydrogen (secondary N) is 1. The third kappa shape index (κ3) is 8.00. The zero-order valence-corrected chi connectivity index (χ0v) is 14.7. The van der Waals surface area contributed by atoms with Gasteiger partial charge in [0.2, 0.25) is 0 Å². The van der Waals surface area contributed by atoms with E-state index in [1.54, 1.807) is 12.3 Å². The predicted octanol–water partition coefficient (Wildman–Crippen LogP) is 5.30. The van der Waals surface area contributed by atoms with Gasteiger partial charge in [0, 0.05) is 18.2 Å². The third-order valence-corrected chi connectivity index (χ3v) is 4.17. The standard InChI is InChI=1S/C19H31NO3/c1-3-4-5-6-7-8-9-10-11-12-13-18(21)16-14-17(20-15-16)19(22)23-2/h14-15,20H,3-13H2,1-2H3. The van der Waals surface area contributed by atoms with Crippen LogP contribution in [0.25, 0.3) is 0 Å². The SMILES string of the molecule is CCCCCCCCCCCCC(=O)c1c[nH]c(C(=O)OC)c1. The minimum Gasteiger partial charge on any atom is -0.464 e. The fourth-order valence-corrected chi connectivity index (χ4v) is 2.70. The van der Waals surface area contributed by atoms with Gasteiger partial charge in [-0.25, -0.2) is 4.79 Å². The normalized spacial score (nSPS) is 10.7. The van der Waals surface area contributed by atoms with E-state index < -0.39 is 5.97 Å². The first kappa shape index (κ1) is 19.5. The number of esters is 1. The number of aromatic nitrogens is 1. The summed E-state index contributed by atoms with van der Waals surface area (Å²) in [6.45, 7) is 2.24. The van der Waals surface area contributed by atoms with Gasteiger partial charge in [-0.1, -0.05) is 64.7 Å². The summed E-state index contributed by atoms with van der Waals surface area (Å²) in [4.78, 5) is 26.1. The molecule has 0 bridgehead atoms. The number of ketones is 1. The Morgan fingerprint density at radius 1 is 0.957 bits per heavy atom. The molecule has 130 valence electrons. The zero-order valence-electron chi connectivity index (χ0n) is 14.7. The van der Waals surface area contributed by atoms with Gasteiger partial charge in [0.15, 0.2) is 5.78 Å². The number of ether oxygens (including phenoxy) is 1. The Hall–Kier alpha value is -1.58. The maximum absolute atomic E-state index is 12.0. The fraction of sp³-hybridized carbons (Fsp3) is 0.684. The van der Waals surface area contributed by atoms with Crippen LogP contribution in [0.3, 0.4) is 0 Å². The number of Topliss-reactive ketones (excluding diaryl/α,β-unsaturated/α-hetero) is 1. The quantitative estimate of drug-likeness (QED) is 0.305. The first-order chi connectivity index (χ1) is 11.2. The molecule has 0 atom stereocenters. The Labute approximate surface area is 140 Å². The largest absolute Gasteiger partial charge is 0.464 e. The number of hydrogen-bond acceptors (Lipinski definition) is 3. The molecule has 1 heterocycles. The highest BCUT2D eigenvalue weighted by atomic mass is 16.5. The van der Waals surface area contributed by atoms with Gasteiger partial charge < -0.3 is 9.72 Å². The van der Waals surface area contributed by atoms with Crippen molar-refractivity contribution in [2.24, 2.45) is 0 Å². The summed E-state index contributed by atoms with van der Waals surface area (Å²) >= 11 is 0. The molecule has 1 N–H and O–H groups in total. The summed E-state index contributed by atoms with van der Waals surface area (Å²) < 4.78 is 4.61. The van der Waals surface area contributed by atoms with Gasteiger partial charge in [-0.3, -0.25) is 4.79 Å². The fourth-order valence-electron chi connectivity index (χ4n) is 2.70. The van der Waals surface area contributed by atoms with Gasteiger partial charge >= 0.3 is 5.97 Å². The molecule has 4 nitrogen and oxygen atoms in total. The molecule has 0 unspecified atom stereocenters. The van der Waals surface area contributed by atoms with Crippen molar-refractivity contribution in [3.8, 4) is 0 Å². The van der Waals surface area contributed by atoms with Crippen molar-refractivity contribution in [2.45, 2.75) is 77.6 Å². The van der Waals surface area contributed by atoms with Gasteiger partial charge in [0.1, 0.15) is 5.69 Å². The Balaban J connectivity index is 2.06. The third-order valence-electron chi connectivity index (χ3n) is 4.17. The average molecular weight is 321 g/mol. The van der Waals surface area contributed by atoms with Crippen molar-refractivity contribution in [3.63, 3.8) is 0 Å². The monoisotopic (exact) mass is 321 g/mol. The van der Waals surface area contributed by atoms with E-state index in [9.17, 15) is 9.59 Å². The Morgan fingerprint density at radius 2 is 1.52 bits per heavy atom. The van der Waals surface area contributed by atoms with Gasteiger partial charge in [-0.05, 0) is 12.5 Å². The second-order valence-electron chi connectivity index (χ2n) is 6.15. The summed E-state index contributed by atoms with van der Waals surface area (Å²) in [6, 6.07) is 1.57. The molecular formula is C19H31NO3. The highest BCUT2D eigenvalue weighted by Gasteiger charge is 2.12. The molecule has 0 fully saturated rings. The van der Waals surface area contributed by atoms with Crippen molar-refractivity contribution in [1.29, 1.82) is 0 Å². The molecule has 1 aromatic rings. The van der Waals surface area contributed by atoms with E-state index in [0.29, 0.717) is 17.7 Å². The summed E-state index contributed by atoms with van der Waals surface area (Å²) in [7, 11) is 1.33. The van der Waals surface area contributed by atoms with E-state index in [-0.39, 0.29) is 5.78 Å². The number of H-pyrrole nitrogens is 1. The van der Waals surface area contributed by atoms with Crippen LogP contribution >= 0.6 is 0 Å². The molecule has 0 saturated heterocycles. The smallest absolute Gasteiger partial charge is 0.354 e. The van der Waals surface area contributed by atoms with Crippen LogP contribution in [0.4, 0.5) is 0 Å². The molecule has 0 radical (unpaired) electrons. The Kier molecular flexibility index (Phi) is 10.1. The van der Waals surface area contributed by atoms with Crippen molar-refractivity contribution in [3.05, 3.63) is 23.5 Å². The van der Waals surface area contributed by atoms with Gasteiger partial charge in [0.25, 0.3) is 0 Å². The van der Waals surface area contributed by atoms with E-state index >= 15 is 0 Å². The number of aromatic amines is 1. The molecule has 0 saturated carbocycles. The van der Waals surface area contributed by atoms with Crippen molar-refractivity contribution >= 4 is 11.8 Å². The maximum Gasteiger partial charge on any atom is 0.354 e. The van der Waals surface area contributed by atoms with Crippen molar-refractivity contribution in [1.82, 2.24) is 4.98 Å². The Bertz CT molecular complexity index is 465. The zero-order chi connectivity index (χ0) is 16.9. The second-order valence-corrected chi connectivity index (χ2v) is 6.15. The maximum atomic E-state index is 12.0. The minimum absolute atomic E-state index is 0.0935.